The maximum absolute atomic E-state index is 12.0. The van der Waals surface area contributed by atoms with Crippen LogP contribution in [0.2, 0.25) is 0 Å². The number of nitrogens with zero attached hydrogens (tertiary/aromatic N) is 1. The van der Waals surface area contributed by atoms with E-state index < -0.39 is 0 Å². The molecule has 1 amide bonds. The minimum absolute atomic E-state index is 0.367. The molecule has 2 aliphatic rings. The van der Waals surface area contributed by atoms with E-state index in [9.17, 15) is 4.79 Å². The monoisotopic (exact) mass is 210 g/mol. The Balaban J connectivity index is 1.77. The van der Waals surface area contributed by atoms with Gasteiger partial charge in [-0.2, -0.15) is 0 Å². The van der Waals surface area contributed by atoms with E-state index in [1.54, 1.807) is 0 Å². The molecule has 1 saturated heterocycles. The van der Waals surface area contributed by atoms with Gasteiger partial charge in [0.25, 0.3) is 0 Å². The Morgan fingerprint density at radius 1 is 1.27 bits per heavy atom. The molecule has 0 unspecified atom stereocenters. The second-order valence-corrected chi connectivity index (χ2v) is 4.99. The second-order valence-electron chi connectivity index (χ2n) is 4.99. The maximum Gasteiger partial charge on any atom is 0.222 e. The number of hydrogen-bond acceptors (Lipinski definition) is 2. The third-order valence-electron chi connectivity index (χ3n) is 3.94. The highest BCUT2D eigenvalue weighted by molar-refractivity contribution is 5.76. The molecule has 3 heteroatoms. The van der Waals surface area contributed by atoms with E-state index >= 15 is 0 Å². The molecule has 1 heterocycles. The van der Waals surface area contributed by atoms with Crippen LogP contribution in [0.25, 0.3) is 0 Å². The van der Waals surface area contributed by atoms with E-state index in [1.165, 1.54) is 19.3 Å². The summed E-state index contributed by atoms with van der Waals surface area (Å²) in [6.45, 7) is 2.12. The number of piperidine rings is 1. The largest absolute Gasteiger partial charge is 0.343 e. The van der Waals surface area contributed by atoms with Crippen molar-refractivity contribution in [3.63, 3.8) is 0 Å². The molecule has 0 aromatic heterocycles. The van der Waals surface area contributed by atoms with Crippen molar-refractivity contribution in [2.24, 2.45) is 5.92 Å². The molecule has 0 atom stereocenters. The molecule has 0 bridgehead atoms. The van der Waals surface area contributed by atoms with Crippen molar-refractivity contribution < 1.29 is 4.79 Å². The van der Waals surface area contributed by atoms with Crippen molar-refractivity contribution in [3.05, 3.63) is 0 Å². The SMILES string of the molecule is CN(C(=O)CC1CCC1)C1CCNCC1. The van der Waals surface area contributed by atoms with Crippen LogP contribution in [0.5, 0.6) is 0 Å². The van der Waals surface area contributed by atoms with Gasteiger partial charge in [0.2, 0.25) is 5.91 Å². The van der Waals surface area contributed by atoms with Crippen LogP contribution in [0.4, 0.5) is 0 Å². The van der Waals surface area contributed by atoms with Crippen LogP contribution < -0.4 is 5.32 Å². The van der Waals surface area contributed by atoms with Gasteiger partial charge >= 0.3 is 0 Å². The zero-order valence-corrected chi connectivity index (χ0v) is 9.67. The van der Waals surface area contributed by atoms with Gasteiger partial charge in [-0.25, -0.2) is 0 Å². The van der Waals surface area contributed by atoms with E-state index in [2.05, 4.69) is 5.32 Å². The van der Waals surface area contributed by atoms with Gasteiger partial charge in [-0.05, 0) is 44.7 Å². The number of nitrogens with one attached hydrogen (secondary N) is 1. The summed E-state index contributed by atoms with van der Waals surface area (Å²) in [5.41, 5.74) is 0. The highest BCUT2D eigenvalue weighted by Crippen LogP contribution is 2.30. The molecule has 0 aromatic rings. The molecule has 3 nitrogen and oxygen atoms in total. The molecule has 1 aliphatic heterocycles. The highest BCUT2D eigenvalue weighted by Gasteiger charge is 2.26. The van der Waals surface area contributed by atoms with Crippen LogP contribution in [0, 0.1) is 5.92 Å². The molecule has 0 radical (unpaired) electrons. The predicted octanol–water partition coefficient (Wildman–Crippen LogP) is 1.39. The fraction of sp³-hybridized carbons (Fsp3) is 0.917. The Morgan fingerprint density at radius 3 is 2.47 bits per heavy atom. The van der Waals surface area contributed by atoms with Gasteiger partial charge < -0.3 is 10.2 Å². The van der Waals surface area contributed by atoms with Crippen LogP contribution in [0.3, 0.4) is 0 Å². The van der Waals surface area contributed by atoms with Gasteiger partial charge in [-0.15, -0.1) is 0 Å². The summed E-state index contributed by atoms with van der Waals surface area (Å²) >= 11 is 0. The lowest BCUT2D eigenvalue weighted by Gasteiger charge is -2.34. The van der Waals surface area contributed by atoms with Gasteiger partial charge in [0, 0.05) is 19.5 Å². The van der Waals surface area contributed by atoms with Crippen molar-refractivity contribution >= 4 is 5.91 Å². The molecule has 1 aliphatic carbocycles. The number of carbonyl (C=O) groups excluding carboxylic acids is 1. The third kappa shape index (κ3) is 2.71. The van der Waals surface area contributed by atoms with E-state index in [1.807, 2.05) is 11.9 Å². The molecule has 15 heavy (non-hydrogen) atoms. The van der Waals surface area contributed by atoms with E-state index in [0.717, 1.165) is 32.4 Å². The summed E-state index contributed by atoms with van der Waals surface area (Å²) in [7, 11) is 1.98. The molecule has 2 rings (SSSR count). The van der Waals surface area contributed by atoms with E-state index in [0.29, 0.717) is 17.9 Å². The average Bonchev–Trinajstić information content (AvgIpc) is 2.23. The van der Waals surface area contributed by atoms with Crippen molar-refractivity contribution in [2.45, 2.75) is 44.6 Å². The first-order chi connectivity index (χ1) is 7.27. The maximum atomic E-state index is 12.0. The fourth-order valence-electron chi connectivity index (χ4n) is 2.49. The first kappa shape index (κ1) is 10.9. The minimum Gasteiger partial charge on any atom is -0.343 e. The fourth-order valence-corrected chi connectivity index (χ4v) is 2.49. The molecule has 0 aromatic carbocycles. The van der Waals surface area contributed by atoms with Crippen molar-refractivity contribution in [3.8, 4) is 0 Å². The van der Waals surface area contributed by atoms with Crippen LogP contribution in [-0.4, -0.2) is 37.0 Å². The Bertz CT molecular complexity index is 220. The lowest BCUT2D eigenvalue weighted by molar-refractivity contribution is -0.134. The lowest BCUT2D eigenvalue weighted by Crippen LogP contribution is -2.44. The van der Waals surface area contributed by atoms with E-state index in [4.69, 9.17) is 0 Å². The van der Waals surface area contributed by atoms with Crippen molar-refractivity contribution in [1.82, 2.24) is 10.2 Å². The standard InChI is InChI=1S/C12H22N2O/c1-14(11-5-7-13-8-6-11)12(15)9-10-3-2-4-10/h10-11,13H,2-9H2,1H3. The van der Waals surface area contributed by atoms with Crippen LogP contribution in [0.15, 0.2) is 0 Å². The van der Waals surface area contributed by atoms with Crippen molar-refractivity contribution in [2.75, 3.05) is 20.1 Å². The number of hydrogen-bond donors (Lipinski definition) is 1. The highest BCUT2D eigenvalue weighted by atomic mass is 16.2. The molecule has 1 N–H and O–H groups in total. The molecule has 1 saturated carbocycles. The lowest BCUT2D eigenvalue weighted by atomic mass is 9.82. The Hall–Kier alpha value is -0.570. The summed E-state index contributed by atoms with van der Waals surface area (Å²) in [6.07, 6.45) is 6.90. The van der Waals surface area contributed by atoms with E-state index in [-0.39, 0.29) is 0 Å². The molecular weight excluding hydrogens is 188 g/mol. The Kier molecular flexibility index (Phi) is 3.62. The number of rotatable bonds is 3. The Morgan fingerprint density at radius 2 is 1.93 bits per heavy atom. The number of amides is 1. The van der Waals surface area contributed by atoms with Gasteiger partial charge in [-0.3, -0.25) is 4.79 Å². The average molecular weight is 210 g/mol. The number of carbonyl (C=O) groups is 1. The smallest absolute Gasteiger partial charge is 0.222 e. The first-order valence-electron chi connectivity index (χ1n) is 6.24. The summed E-state index contributed by atoms with van der Waals surface area (Å²) in [4.78, 5) is 14.0. The zero-order chi connectivity index (χ0) is 10.7. The third-order valence-corrected chi connectivity index (χ3v) is 3.94. The summed E-state index contributed by atoms with van der Waals surface area (Å²) in [6, 6.07) is 0.485. The molecular formula is C12H22N2O. The van der Waals surface area contributed by atoms with Crippen LogP contribution in [-0.2, 0) is 4.79 Å². The van der Waals surface area contributed by atoms with Gasteiger partial charge in [0.05, 0.1) is 0 Å². The zero-order valence-electron chi connectivity index (χ0n) is 9.67. The van der Waals surface area contributed by atoms with Crippen molar-refractivity contribution in [1.29, 1.82) is 0 Å². The second kappa shape index (κ2) is 4.97. The summed E-state index contributed by atoms with van der Waals surface area (Å²) in [5.74, 6) is 1.06. The minimum atomic E-state index is 0.367. The van der Waals surface area contributed by atoms with Gasteiger partial charge in [0.15, 0.2) is 0 Å². The molecule has 86 valence electrons. The van der Waals surface area contributed by atoms with Crippen LogP contribution >= 0.6 is 0 Å². The predicted molar refractivity (Wildman–Crippen MR) is 60.6 cm³/mol. The quantitative estimate of drug-likeness (QED) is 0.763. The molecule has 2 fully saturated rings. The summed E-state index contributed by atoms with van der Waals surface area (Å²) < 4.78 is 0. The van der Waals surface area contributed by atoms with Gasteiger partial charge in [-0.1, -0.05) is 6.42 Å². The summed E-state index contributed by atoms with van der Waals surface area (Å²) in [5, 5.41) is 3.33. The normalized spacial score (nSPS) is 23.5. The Labute approximate surface area is 92.2 Å². The van der Waals surface area contributed by atoms with Gasteiger partial charge in [0.1, 0.15) is 0 Å². The topological polar surface area (TPSA) is 32.3 Å². The van der Waals surface area contributed by atoms with Crippen LogP contribution in [0.1, 0.15) is 38.5 Å². The first-order valence-corrected chi connectivity index (χ1v) is 6.24. The molecule has 0 spiro atoms.